The Labute approximate surface area is 114 Å². The van der Waals surface area contributed by atoms with Crippen LogP contribution >= 0.6 is 11.6 Å². The second-order valence-corrected chi connectivity index (χ2v) is 5.86. The molecule has 1 N–H and O–H groups in total. The molecule has 18 heavy (non-hydrogen) atoms. The Morgan fingerprint density at radius 3 is 3.00 bits per heavy atom. The molecule has 2 atom stereocenters. The summed E-state index contributed by atoms with van der Waals surface area (Å²) in [5.74, 6) is 0. The highest BCUT2D eigenvalue weighted by Crippen LogP contribution is 2.23. The first-order valence-electron chi connectivity index (χ1n) is 6.64. The molecule has 2 saturated heterocycles. The highest BCUT2D eigenvalue weighted by molar-refractivity contribution is 6.30. The average molecular weight is 266 g/mol. The lowest BCUT2D eigenvalue weighted by Crippen LogP contribution is -2.61. The summed E-state index contributed by atoms with van der Waals surface area (Å²) in [6.07, 6.45) is 0. The van der Waals surface area contributed by atoms with Crippen molar-refractivity contribution in [2.45, 2.75) is 12.1 Å². The standard InChI is InChI=1S/C14H20ClN3/c1-17-5-6-18-10-14(16-8-13(18)9-17)11-3-2-4-12(15)7-11/h2-4,7,13-14,16H,5-6,8-10H2,1H3. The molecule has 0 bridgehead atoms. The van der Waals surface area contributed by atoms with Gasteiger partial charge in [0.25, 0.3) is 0 Å². The van der Waals surface area contributed by atoms with E-state index in [9.17, 15) is 0 Å². The summed E-state index contributed by atoms with van der Waals surface area (Å²) in [5.41, 5.74) is 1.31. The first kappa shape index (κ1) is 12.4. The molecule has 0 amide bonds. The largest absolute Gasteiger partial charge is 0.307 e. The van der Waals surface area contributed by atoms with Gasteiger partial charge in [-0.25, -0.2) is 0 Å². The summed E-state index contributed by atoms with van der Waals surface area (Å²) < 4.78 is 0. The fraction of sp³-hybridized carbons (Fsp3) is 0.571. The molecule has 3 rings (SSSR count). The molecule has 0 spiro atoms. The van der Waals surface area contributed by atoms with E-state index in [0.29, 0.717) is 12.1 Å². The van der Waals surface area contributed by atoms with E-state index in [0.717, 1.165) is 18.1 Å². The van der Waals surface area contributed by atoms with Crippen LogP contribution in [0, 0.1) is 0 Å². The van der Waals surface area contributed by atoms with Gasteiger partial charge in [-0.1, -0.05) is 23.7 Å². The third-order valence-electron chi connectivity index (χ3n) is 4.08. The summed E-state index contributed by atoms with van der Waals surface area (Å²) >= 11 is 6.07. The van der Waals surface area contributed by atoms with E-state index in [1.54, 1.807) is 0 Å². The molecule has 4 heteroatoms. The van der Waals surface area contributed by atoms with Crippen LogP contribution < -0.4 is 5.32 Å². The average Bonchev–Trinajstić information content (AvgIpc) is 2.38. The second kappa shape index (κ2) is 5.17. The number of hydrogen-bond donors (Lipinski definition) is 1. The molecule has 0 aromatic heterocycles. The summed E-state index contributed by atoms with van der Waals surface area (Å²) in [6.45, 7) is 5.70. The number of nitrogens with zero attached hydrogens (tertiary/aromatic N) is 2. The maximum atomic E-state index is 6.07. The number of hydrogen-bond acceptors (Lipinski definition) is 3. The molecule has 98 valence electrons. The van der Waals surface area contributed by atoms with Gasteiger partial charge < -0.3 is 10.2 Å². The van der Waals surface area contributed by atoms with Crippen LogP contribution in [0.2, 0.25) is 5.02 Å². The van der Waals surface area contributed by atoms with E-state index in [1.807, 2.05) is 12.1 Å². The molecular formula is C14H20ClN3. The van der Waals surface area contributed by atoms with Crippen LogP contribution in [-0.4, -0.2) is 55.6 Å². The van der Waals surface area contributed by atoms with Crippen LogP contribution in [0.25, 0.3) is 0 Å². The normalized spacial score (nSPS) is 30.1. The molecule has 0 saturated carbocycles. The summed E-state index contributed by atoms with van der Waals surface area (Å²) in [5, 5.41) is 4.48. The highest BCUT2D eigenvalue weighted by atomic mass is 35.5. The van der Waals surface area contributed by atoms with Gasteiger partial charge in [0.1, 0.15) is 0 Å². The van der Waals surface area contributed by atoms with Gasteiger partial charge in [0, 0.05) is 49.8 Å². The molecule has 0 aliphatic carbocycles. The van der Waals surface area contributed by atoms with Crippen molar-refractivity contribution in [1.82, 2.24) is 15.1 Å². The Balaban J connectivity index is 1.70. The summed E-state index contributed by atoms with van der Waals surface area (Å²) in [4.78, 5) is 5.03. The van der Waals surface area contributed by atoms with E-state index in [1.165, 1.54) is 25.2 Å². The Bertz CT molecular complexity index is 423. The maximum absolute atomic E-state index is 6.07. The number of likely N-dealkylation sites (N-methyl/N-ethyl adjacent to an activating group) is 1. The number of fused-ring (bicyclic) bond motifs is 1. The zero-order chi connectivity index (χ0) is 12.5. The fourth-order valence-electron chi connectivity index (χ4n) is 3.01. The Hall–Kier alpha value is -0.610. The van der Waals surface area contributed by atoms with Crippen LogP contribution in [0.5, 0.6) is 0 Å². The van der Waals surface area contributed by atoms with Gasteiger partial charge in [-0.05, 0) is 24.7 Å². The van der Waals surface area contributed by atoms with E-state index >= 15 is 0 Å². The minimum absolute atomic E-state index is 0.420. The van der Waals surface area contributed by atoms with Crippen molar-refractivity contribution in [3.63, 3.8) is 0 Å². The number of rotatable bonds is 1. The summed E-state index contributed by atoms with van der Waals surface area (Å²) in [6, 6.07) is 9.31. The Morgan fingerprint density at radius 2 is 2.17 bits per heavy atom. The van der Waals surface area contributed by atoms with E-state index in [-0.39, 0.29) is 0 Å². The third kappa shape index (κ3) is 2.54. The lowest BCUT2D eigenvalue weighted by atomic mass is 10.0. The molecule has 2 unspecified atom stereocenters. The van der Waals surface area contributed by atoms with Gasteiger partial charge in [-0.3, -0.25) is 4.90 Å². The monoisotopic (exact) mass is 265 g/mol. The van der Waals surface area contributed by atoms with Gasteiger partial charge in [0.05, 0.1) is 0 Å². The topological polar surface area (TPSA) is 18.5 Å². The molecule has 0 radical (unpaired) electrons. The van der Waals surface area contributed by atoms with Crippen molar-refractivity contribution >= 4 is 11.6 Å². The van der Waals surface area contributed by atoms with Gasteiger partial charge in [-0.2, -0.15) is 0 Å². The van der Waals surface area contributed by atoms with Crippen LogP contribution in [0.3, 0.4) is 0 Å². The molecule has 2 fully saturated rings. The van der Waals surface area contributed by atoms with E-state index in [2.05, 4.69) is 34.3 Å². The van der Waals surface area contributed by atoms with Gasteiger partial charge in [0.15, 0.2) is 0 Å². The van der Waals surface area contributed by atoms with Crippen molar-refractivity contribution in [2.24, 2.45) is 0 Å². The summed E-state index contributed by atoms with van der Waals surface area (Å²) in [7, 11) is 2.21. The minimum atomic E-state index is 0.420. The van der Waals surface area contributed by atoms with Gasteiger partial charge in [-0.15, -0.1) is 0 Å². The van der Waals surface area contributed by atoms with Crippen molar-refractivity contribution < 1.29 is 0 Å². The fourth-order valence-corrected chi connectivity index (χ4v) is 3.20. The molecule has 3 nitrogen and oxygen atoms in total. The van der Waals surface area contributed by atoms with Crippen LogP contribution in [0.15, 0.2) is 24.3 Å². The number of nitrogens with one attached hydrogen (secondary N) is 1. The molecular weight excluding hydrogens is 246 g/mol. The first-order chi connectivity index (χ1) is 8.72. The van der Waals surface area contributed by atoms with Crippen molar-refractivity contribution in [3.8, 4) is 0 Å². The minimum Gasteiger partial charge on any atom is -0.307 e. The van der Waals surface area contributed by atoms with Crippen LogP contribution in [0.1, 0.15) is 11.6 Å². The van der Waals surface area contributed by atoms with E-state index < -0.39 is 0 Å². The molecule has 2 aliphatic heterocycles. The van der Waals surface area contributed by atoms with Crippen molar-refractivity contribution in [1.29, 1.82) is 0 Å². The molecule has 1 aromatic rings. The number of piperazine rings is 2. The smallest absolute Gasteiger partial charge is 0.0450 e. The van der Waals surface area contributed by atoms with Crippen LogP contribution in [0.4, 0.5) is 0 Å². The molecule has 1 aromatic carbocycles. The van der Waals surface area contributed by atoms with Crippen molar-refractivity contribution in [3.05, 3.63) is 34.9 Å². The SMILES string of the molecule is CN1CCN2CC(c3cccc(Cl)c3)NCC2C1. The number of benzene rings is 1. The quantitative estimate of drug-likeness (QED) is 0.832. The lowest BCUT2D eigenvalue weighted by Gasteiger charge is -2.46. The Morgan fingerprint density at radius 1 is 1.28 bits per heavy atom. The zero-order valence-corrected chi connectivity index (χ0v) is 11.5. The molecule has 2 aliphatic rings. The Kier molecular flexibility index (Phi) is 3.57. The van der Waals surface area contributed by atoms with E-state index in [4.69, 9.17) is 11.6 Å². The first-order valence-corrected chi connectivity index (χ1v) is 7.01. The lowest BCUT2D eigenvalue weighted by molar-refractivity contribution is 0.0538. The third-order valence-corrected chi connectivity index (χ3v) is 4.31. The number of halogens is 1. The van der Waals surface area contributed by atoms with Crippen LogP contribution in [-0.2, 0) is 0 Å². The van der Waals surface area contributed by atoms with Gasteiger partial charge in [0.2, 0.25) is 0 Å². The van der Waals surface area contributed by atoms with Crippen molar-refractivity contribution in [2.75, 3.05) is 39.8 Å². The van der Waals surface area contributed by atoms with Gasteiger partial charge >= 0.3 is 0 Å². The zero-order valence-electron chi connectivity index (χ0n) is 10.8. The maximum Gasteiger partial charge on any atom is 0.0450 e. The highest BCUT2D eigenvalue weighted by Gasteiger charge is 2.31. The predicted octanol–water partition coefficient (Wildman–Crippen LogP) is 1.60. The molecule has 2 heterocycles. The second-order valence-electron chi connectivity index (χ2n) is 5.43. The predicted molar refractivity (Wildman–Crippen MR) is 75.1 cm³/mol.